The molecule has 0 spiro atoms. The molecule has 1 fully saturated rings. The van der Waals surface area contributed by atoms with Crippen LogP contribution in [0, 0.1) is 5.92 Å². The molecule has 9 heteroatoms. The lowest BCUT2D eigenvalue weighted by Gasteiger charge is -2.35. The fraction of sp³-hybridized carbons (Fsp3) is 0.455. The lowest BCUT2D eigenvalue weighted by atomic mass is 9.95. The van der Waals surface area contributed by atoms with Gasteiger partial charge in [0.1, 0.15) is 5.82 Å². The largest absolute Gasteiger partial charge is 0.417 e. The van der Waals surface area contributed by atoms with Crippen molar-refractivity contribution in [3.8, 4) is 0 Å². The molecule has 31 heavy (non-hydrogen) atoms. The van der Waals surface area contributed by atoms with E-state index in [1.165, 1.54) is 0 Å². The van der Waals surface area contributed by atoms with Crippen LogP contribution in [0.1, 0.15) is 24.0 Å². The molecular weight excluding hydrogens is 431 g/mol. The van der Waals surface area contributed by atoms with Gasteiger partial charge in [-0.05, 0) is 24.5 Å². The van der Waals surface area contributed by atoms with Gasteiger partial charge in [-0.2, -0.15) is 13.2 Å². The second-order valence-corrected chi connectivity index (χ2v) is 7.93. The van der Waals surface area contributed by atoms with Crippen LogP contribution < -0.4 is 4.90 Å². The third kappa shape index (κ3) is 6.11. The number of halogens is 4. The number of benzene rings is 1. The standard InChI is InChI=1S/C22H25ClF3N3O2/c1-31-12-11-29(15-16-5-3-2-4-6-16)21(30)17-7-9-28(10-8-17)20-19(23)13-18(14-27-20)22(24,25)26/h2-6,13-14,17H,7-12,15H2,1H3. The molecule has 0 radical (unpaired) electrons. The van der Waals surface area contributed by atoms with Crippen molar-refractivity contribution >= 4 is 23.3 Å². The predicted octanol–water partition coefficient (Wildman–Crippen LogP) is 4.65. The Hall–Kier alpha value is -2.32. The van der Waals surface area contributed by atoms with E-state index in [1.807, 2.05) is 40.1 Å². The van der Waals surface area contributed by atoms with E-state index in [-0.39, 0.29) is 16.8 Å². The van der Waals surface area contributed by atoms with E-state index < -0.39 is 11.7 Å². The molecule has 0 saturated carbocycles. The van der Waals surface area contributed by atoms with Crippen LogP contribution in [0.2, 0.25) is 5.02 Å². The van der Waals surface area contributed by atoms with Crippen LogP contribution in [0.15, 0.2) is 42.6 Å². The molecule has 1 aromatic heterocycles. The number of alkyl halides is 3. The van der Waals surface area contributed by atoms with Crippen molar-refractivity contribution in [1.29, 1.82) is 0 Å². The fourth-order valence-corrected chi connectivity index (χ4v) is 3.97. The summed E-state index contributed by atoms with van der Waals surface area (Å²) in [6.45, 7) is 2.45. The van der Waals surface area contributed by atoms with E-state index in [1.54, 1.807) is 7.11 Å². The van der Waals surface area contributed by atoms with E-state index in [0.29, 0.717) is 51.4 Å². The number of hydrogen-bond donors (Lipinski definition) is 0. The summed E-state index contributed by atoms with van der Waals surface area (Å²) in [6.07, 6.45) is -2.53. The molecule has 0 unspecified atom stereocenters. The number of methoxy groups -OCH3 is 1. The monoisotopic (exact) mass is 455 g/mol. The second kappa shape index (κ2) is 10.3. The average Bonchev–Trinajstić information content (AvgIpc) is 2.76. The van der Waals surface area contributed by atoms with Gasteiger partial charge in [0.2, 0.25) is 5.91 Å². The summed E-state index contributed by atoms with van der Waals surface area (Å²) in [4.78, 5) is 20.7. The van der Waals surface area contributed by atoms with E-state index >= 15 is 0 Å². The number of piperidine rings is 1. The fourth-order valence-electron chi connectivity index (χ4n) is 3.69. The van der Waals surface area contributed by atoms with Gasteiger partial charge in [-0.3, -0.25) is 4.79 Å². The zero-order chi connectivity index (χ0) is 22.4. The quantitative estimate of drug-likeness (QED) is 0.610. The highest BCUT2D eigenvalue weighted by molar-refractivity contribution is 6.33. The molecule has 5 nitrogen and oxygen atoms in total. The molecule has 2 aromatic rings. The molecule has 2 heterocycles. The van der Waals surface area contributed by atoms with Crippen LogP contribution >= 0.6 is 11.6 Å². The van der Waals surface area contributed by atoms with Crippen molar-refractivity contribution in [2.45, 2.75) is 25.6 Å². The van der Waals surface area contributed by atoms with Crippen molar-refractivity contribution in [3.63, 3.8) is 0 Å². The predicted molar refractivity (Wildman–Crippen MR) is 113 cm³/mol. The van der Waals surface area contributed by atoms with Crippen molar-refractivity contribution in [2.24, 2.45) is 5.92 Å². The first-order valence-corrected chi connectivity index (χ1v) is 10.5. The van der Waals surface area contributed by atoms with Gasteiger partial charge >= 0.3 is 6.18 Å². The molecule has 0 N–H and O–H groups in total. The highest BCUT2D eigenvalue weighted by Crippen LogP contribution is 2.34. The maximum Gasteiger partial charge on any atom is 0.417 e. The molecule has 168 valence electrons. The number of hydrogen-bond acceptors (Lipinski definition) is 4. The Morgan fingerprint density at radius 3 is 2.52 bits per heavy atom. The summed E-state index contributed by atoms with van der Waals surface area (Å²) in [5.41, 5.74) is 0.172. The van der Waals surface area contributed by atoms with Crippen molar-refractivity contribution in [3.05, 3.63) is 58.7 Å². The molecule has 0 bridgehead atoms. The van der Waals surface area contributed by atoms with Crippen molar-refractivity contribution < 1.29 is 22.7 Å². The lowest BCUT2D eigenvalue weighted by molar-refractivity contribution is -0.138. The second-order valence-electron chi connectivity index (χ2n) is 7.53. The maximum atomic E-state index is 13.2. The van der Waals surface area contributed by atoms with E-state index in [2.05, 4.69) is 4.98 Å². The van der Waals surface area contributed by atoms with E-state index in [0.717, 1.165) is 17.8 Å². The van der Waals surface area contributed by atoms with Gasteiger partial charge in [0.25, 0.3) is 0 Å². The number of pyridine rings is 1. The molecule has 0 atom stereocenters. The third-order valence-corrected chi connectivity index (χ3v) is 5.66. The Morgan fingerprint density at radius 2 is 1.94 bits per heavy atom. The van der Waals surface area contributed by atoms with Gasteiger partial charge in [-0.1, -0.05) is 41.9 Å². The molecule has 1 aromatic carbocycles. The Labute approximate surface area is 184 Å². The molecule has 3 rings (SSSR count). The molecule has 1 aliphatic rings. The van der Waals surface area contributed by atoms with E-state index in [9.17, 15) is 18.0 Å². The summed E-state index contributed by atoms with van der Waals surface area (Å²) in [5.74, 6) is 0.221. The Bertz CT molecular complexity index is 872. The van der Waals surface area contributed by atoms with Gasteiger partial charge < -0.3 is 14.5 Å². The summed E-state index contributed by atoms with van der Waals surface area (Å²) in [5, 5.41) is -0.0367. The summed E-state index contributed by atoms with van der Waals surface area (Å²) in [7, 11) is 1.60. The first-order chi connectivity index (χ1) is 14.8. The Kier molecular flexibility index (Phi) is 7.78. The topological polar surface area (TPSA) is 45.7 Å². The van der Waals surface area contributed by atoms with Crippen LogP contribution in [-0.4, -0.2) is 49.1 Å². The smallest absolute Gasteiger partial charge is 0.383 e. The first-order valence-electron chi connectivity index (χ1n) is 10.1. The Morgan fingerprint density at radius 1 is 1.26 bits per heavy atom. The minimum absolute atomic E-state index is 0.0367. The summed E-state index contributed by atoms with van der Waals surface area (Å²) in [6, 6.07) is 10.7. The van der Waals surface area contributed by atoms with Crippen LogP contribution in [0.4, 0.5) is 19.0 Å². The van der Waals surface area contributed by atoms with Crippen molar-refractivity contribution in [1.82, 2.24) is 9.88 Å². The number of nitrogens with zero attached hydrogens (tertiary/aromatic N) is 3. The van der Waals surface area contributed by atoms with Crippen LogP contribution in [0.5, 0.6) is 0 Å². The zero-order valence-corrected chi connectivity index (χ0v) is 18.0. The highest BCUT2D eigenvalue weighted by atomic mass is 35.5. The van der Waals surface area contributed by atoms with Gasteiger partial charge in [-0.15, -0.1) is 0 Å². The van der Waals surface area contributed by atoms with Crippen LogP contribution in [0.25, 0.3) is 0 Å². The van der Waals surface area contributed by atoms with Gasteiger partial charge in [0.05, 0.1) is 17.2 Å². The normalized spacial score (nSPS) is 15.2. The SMILES string of the molecule is COCCN(Cc1ccccc1)C(=O)C1CCN(c2ncc(C(F)(F)F)cc2Cl)CC1. The summed E-state index contributed by atoms with van der Waals surface area (Å²) >= 11 is 6.07. The lowest BCUT2D eigenvalue weighted by Crippen LogP contribution is -2.43. The number of amides is 1. The number of ether oxygens (including phenoxy) is 1. The average molecular weight is 456 g/mol. The molecular formula is C22H25ClF3N3O2. The van der Waals surface area contributed by atoms with Gasteiger partial charge in [-0.25, -0.2) is 4.98 Å². The van der Waals surface area contributed by atoms with E-state index in [4.69, 9.17) is 16.3 Å². The van der Waals surface area contributed by atoms with Gasteiger partial charge in [0.15, 0.2) is 0 Å². The minimum Gasteiger partial charge on any atom is -0.383 e. The molecule has 1 amide bonds. The minimum atomic E-state index is -4.49. The number of rotatable bonds is 7. The van der Waals surface area contributed by atoms with Crippen LogP contribution in [0.3, 0.4) is 0 Å². The first kappa shape index (κ1) is 23.3. The number of carbonyl (C=O) groups is 1. The molecule has 1 aliphatic heterocycles. The highest BCUT2D eigenvalue weighted by Gasteiger charge is 2.33. The van der Waals surface area contributed by atoms with Crippen LogP contribution in [-0.2, 0) is 22.3 Å². The Balaban J connectivity index is 1.63. The number of carbonyl (C=O) groups excluding carboxylic acids is 1. The number of aromatic nitrogens is 1. The zero-order valence-electron chi connectivity index (χ0n) is 17.2. The maximum absolute atomic E-state index is 13.2. The third-order valence-electron chi connectivity index (χ3n) is 5.39. The summed E-state index contributed by atoms with van der Waals surface area (Å²) < 4.78 is 43.7. The van der Waals surface area contributed by atoms with Crippen molar-refractivity contribution in [2.75, 3.05) is 38.3 Å². The van der Waals surface area contributed by atoms with Gasteiger partial charge in [0, 0.05) is 45.4 Å². The number of anilines is 1. The molecule has 0 aliphatic carbocycles. The molecule has 1 saturated heterocycles.